The van der Waals surface area contributed by atoms with E-state index in [1.165, 1.54) is 37.2 Å². The molecule has 0 atom stereocenters. The van der Waals surface area contributed by atoms with Gasteiger partial charge in [0.05, 0.1) is 30.8 Å². The average Bonchev–Trinajstić information content (AvgIpc) is 3.31. The molecule has 0 bridgehead atoms. The van der Waals surface area contributed by atoms with Crippen molar-refractivity contribution >= 4 is 11.9 Å². The number of pyridine rings is 1. The van der Waals surface area contributed by atoms with Gasteiger partial charge in [-0.1, -0.05) is 0 Å². The van der Waals surface area contributed by atoms with E-state index in [2.05, 4.69) is 14.8 Å². The number of halogens is 3. The Hall–Kier alpha value is -3.63. The Balaban J connectivity index is 1.75. The third-order valence-corrected chi connectivity index (χ3v) is 4.01. The summed E-state index contributed by atoms with van der Waals surface area (Å²) in [5, 5.41) is 3.98. The van der Waals surface area contributed by atoms with Crippen LogP contribution in [0.2, 0.25) is 0 Å². The first-order valence-corrected chi connectivity index (χ1v) is 8.12. The summed E-state index contributed by atoms with van der Waals surface area (Å²) in [7, 11) is 1.21. The van der Waals surface area contributed by atoms with Gasteiger partial charge in [-0.15, -0.1) is 0 Å². The number of ether oxygens (including phenoxy) is 2. The van der Waals surface area contributed by atoms with Gasteiger partial charge in [0.15, 0.2) is 18.2 Å². The van der Waals surface area contributed by atoms with Crippen molar-refractivity contribution in [1.82, 2.24) is 14.8 Å². The SMILES string of the molecule is COC(=O)c1ccoc1COC(=O)c1cnn(-c2ccc(C(F)(F)F)cn2)c1C. The van der Waals surface area contributed by atoms with Crippen LogP contribution < -0.4 is 0 Å². The lowest BCUT2D eigenvalue weighted by Crippen LogP contribution is -2.10. The van der Waals surface area contributed by atoms with Crippen LogP contribution in [0.15, 0.2) is 41.3 Å². The van der Waals surface area contributed by atoms with E-state index in [1.54, 1.807) is 0 Å². The van der Waals surface area contributed by atoms with Crippen LogP contribution >= 0.6 is 0 Å². The number of hydrogen-bond acceptors (Lipinski definition) is 7. The third-order valence-electron chi connectivity index (χ3n) is 4.01. The Morgan fingerprint density at radius 3 is 2.52 bits per heavy atom. The number of nitrogens with zero attached hydrogens (tertiary/aromatic N) is 3. The summed E-state index contributed by atoms with van der Waals surface area (Å²) in [6.45, 7) is 1.22. The van der Waals surface area contributed by atoms with Gasteiger partial charge in [-0.05, 0) is 25.1 Å². The smallest absolute Gasteiger partial charge is 0.417 e. The van der Waals surface area contributed by atoms with Crippen molar-refractivity contribution in [2.75, 3.05) is 7.11 Å². The molecule has 0 amide bonds. The molecule has 11 heteroatoms. The van der Waals surface area contributed by atoms with E-state index in [9.17, 15) is 22.8 Å². The van der Waals surface area contributed by atoms with Crippen molar-refractivity contribution in [3.8, 4) is 5.82 Å². The summed E-state index contributed by atoms with van der Waals surface area (Å²) in [5.41, 5.74) is -0.375. The van der Waals surface area contributed by atoms with Gasteiger partial charge in [-0.3, -0.25) is 0 Å². The Bertz CT molecular complexity index is 1040. The second kappa shape index (κ2) is 7.78. The number of methoxy groups -OCH3 is 1. The molecule has 3 aromatic rings. The summed E-state index contributed by atoms with van der Waals surface area (Å²) in [6, 6.07) is 3.39. The quantitative estimate of drug-likeness (QED) is 0.597. The lowest BCUT2D eigenvalue weighted by molar-refractivity contribution is -0.137. The minimum absolute atomic E-state index is 0.0814. The summed E-state index contributed by atoms with van der Waals surface area (Å²) in [6.07, 6.45) is -1.36. The molecule has 0 aliphatic heterocycles. The molecule has 0 fully saturated rings. The van der Waals surface area contributed by atoms with Crippen LogP contribution in [0.25, 0.3) is 5.82 Å². The van der Waals surface area contributed by atoms with Crippen molar-refractivity contribution in [2.24, 2.45) is 0 Å². The molecule has 0 saturated carbocycles. The maximum absolute atomic E-state index is 12.7. The minimum atomic E-state index is -4.51. The molecule has 0 aliphatic rings. The van der Waals surface area contributed by atoms with E-state index in [4.69, 9.17) is 9.15 Å². The van der Waals surface area contributed by atoms with Crippen LogP contribution in [0.1, 0.15) is 37.7 Å². The predicted octanol–water partition coefficient (Wildman–Crippen LogP) is 3.33. The van der Waals surface area contributed by atoms with E-state index < -0.39 is 23.7 Å². The monoisotopic (exact) mass is 409 g/mol. The number of carbonyl (C=O) groups is 2. The van der Waals surface area contributed by atoms with Crippen LogP contribution in [0.5, 0.6) is 0 Å². The molecule has 152 valence electrons. The van der Waals surface area contributed by atoms with Crippen LogP contribution in [0, 0.1) is 6.92 Å². The standard InChI is InChI=1S/C18H14F3N3O5/c1-10-13(17(26)29-9-14-12(5-6-28-14)16(25)27-2)8-23-24(10)15-4-3-11(7-22-15)18(19,20)21/h3-8H,9H2,1-2H3. The average molecular weight is 409 g/mol. The number of rotatable bonds is 5. The fourth-order valence-corrected chi connectivity index (χ4v) is 2.47. The molecule has 0 saturated heterocycles. The fraction of sp³-hybridized carbons (Fsp3) is 0.222. The predicted molar refractivity (Wildman–Crippen MR) is 90.3 cm³/mol. The van der Waals surface area contributed by atoms with Gasteiger partial charge in [0.25, 0.3) is 0 Å². The van der Waals surface area contributed by atoms with Crippen molar-refractivity contribution in [3.63, 3.8) is 0 Å². The van der Waals surface area contributed by atoms with E-state index in [-0.39, 0.29) is 29.3 Å². The highest BCUT2D eigenvalue weighted by Crippen LogP contribution is 2.29. The largest absolute Gasteiger partial charge is 0.465 e. The molecule has 0 spiro atoms. The number of alkyl halides is 3. The molecule has 29 heavy (non-hydrogen) atoms. The first-order valence-electron chi connectivity index (χ1n) is 8.12. The van der Waals surface area contributed by atoms with E-state index in [0.29, 0.717) is 11.9 Å². The molecule has 0 aromatic carbocycles. The van der Waals surface area contributed by atoms with Crippen molar-refractivity contribution in [1.29, 1.82) is 0 Å². The normalized spacial score (nSPS) is 11.3. The highest BCUT2D eigenvalue weighted by molar-refractivity contribution is 5.91. The van der Waals surface area contributed by atoms with Gasteiger partial charge in [-0.25, -0.2) is 19.3 Å². The Kier molecular flexibility index (Phi) is 5.39. The lowest BCUT2D eigenvalue weighted by Gasteiger charge is -2.08. The molecule has 0 unspecified atom stereocenters. The lowest BCUT2D eigenvalue weighted by atomic mass is 10.2. The highest BCUT2D eigenvalue weighted by atomic mass is 19.4. The fourth-order valence-electron chi connectivity index (χ4n) is 2.47. The minimum Gasteiger partial charge on any atom is -0.465 e. The Morgan fingerprint density at radius 2 is 1.90 bits per heavy atom. The number of hydrogen-bond donors (Lipinski definition) is 0. The van der Waals surface area contributed by atoms with Crippen LogP contribution in [-0.2, 0) is 22.3 Å². The highest BCUT2D eigenvalue weighted by Gasteiger charge is 2.31. The summed E-state index contributed by atoms with van der Waals surface area (Å²) in [5.74, 6) is -1.18. The molecule has 3 heterocycles. The van der Waals surface area contributed by atoms with Gasteiger partial charge in [0.1, 0.15) is 11.1 Å². The topological polar surface area (TPSA) is 96.5 Å². The number of furan rings is 1. The molecule has 0 radical (unpaired) electrons. The third kappa shape index (κ3) is 4.13. The number of carbonyl (C=O) groups excluding carboxylic acids is 2. The second-order valence-electron chi connectivity index (χ2n) is 5.78. The second-order valence-corrected chi connectivity index (χ2v) is 5.78. The molecular formula is C18H14F3N3O5. The van der Waals surface area contributed by atoms with Crippen LogP contribution in [0.3, 0.4) is 0 Å². The van der Waals surface area contributed by atoms with Crippen molar-refractivity contribution in [2.45, 2.75) is 19.7 Å². The maximum atomic E-state index is 12.7. The van der Waals surface area contributed by atoms with Gasteiger partial charge >= 0.3 is 18.1 Å². The molecule has 3 aromatic heterocycles. The number of esters is 2. The molecule has 8 nitrogen and oxygen atoms in total. The Labute approximate surface area is 161 Å². The maximum Gasteiger partial charge on any atom is 0.417 e. The van der Waals surface area contributed by atoms with E-state index in [0.717, 1.165) is 12.1 Å². The van der Waals surface area contributed by atoms with Crippen molar-refractivity contribution < 1.29 is 36.7 Å². The van der Waals surface area contributed by atoms with E-state index >= 15 is 0 Å². The molecule has 3 rings (SSSR count). The zero-order valence-electron chi connectivity index (χ0n) is 15.2. The summed E-state index contributed by atoms with van der Waals surface area (Å²) < 4.78 is 54.0. The molecule has 0 N–H and O–H groups in total. The zero-order valence-corrected chi connectivity index (χ0v) is 15.2. The van der Waals surface area contributed by atoms with Crippen LogP contribution in [-0.4, -0.2) is 33.8 Å². The zero-order chi connectivity index (χ0) is 21.2. The van der Waals surface area contributed by atoms with Gasteiger partial charge in [0.2, 0.25) is 0 Å². The van der Waals surface area contributed by atoms with Gasteiger partial charge in [0, 0.05) is 6.20 Å². The Morgan fingerprint density at radius 1 is 1.14 bits per heavy atom. The van der Waals surface area contributed by atoms with Gasteiger partial charge in [-0.2, -0.15) is 18.3 Å². The van der Waals surface area contributed by atoms with Gasteiger partial charge < -0.3 is 13.9 Å². The van der Waals surface area contributed by atoms with E-state index in [1.807, 2.05) is 0 Å². The van der Waals surface area contributed by atoms with Crippen LogP contribution in [0.4, 0.5) is 13.2 Å². The molecular weight excluding hydrogens is 395 g/mol. The first kappa shape index (κ1) is 20.1. The summed E-state index contributed by atoms with van der Waals surface area (Å²) in [4.78, 5) is 27.7. The summed E-state index contributed by atoms with van der Waals surface area (Å²) >= 11 is 0. The molecule has 0 aliphatic carbocycles. The van der Waals surface area contributed by atoms with Crippen molar-refractivity contribution in [3.05, 3.63) is 65.0 Å². The number of aromatic nitrogens is 3. The first-order chi connectivity index (χ1) is 13.7.